The number of carbonyl (C=O) groups is 3. The van der Waals surface area contributed by atoms with Crippen molar-refractivity contribution in [3.63, 3.8) is 0 Å². The van der Waals surface area contributed by atoms with Gasteiger partial charge in [-0.25, -0.2) is 0 Å². The quantitative estimate of drug-likeness (QED) is 0.292. The van der Waals surface area contributed by atoms with E-state index >= 15 is 0 Å². The first-order valence-electron chi connectivity index (χ1n) is 26.7. The van der Waals surface area contributed by atoms with E-state index in [2.05, 4.69) is 100 Å². The molecule has 0 radical (unpaired) electrons. The van der Waals surface area contributed by atoms with Crippen LogP contribution in [-0.2, 0) is 29.3 Å². The van der Waals surface area contributed by atoms with Crippen molar-refractivity contribution < 1.29 is 38.4 Å². The number of ketones is 1. The Hall–Kier alpha value is -3.39. The highest BCUT2D eigenvalue weighted by Gasteiger charge is 2.73. The van der Waals surface area contributed by atoms with Crippen LogP contribution in [0.2, 0.25) is 0 Å². The van der Waals surface area contributed by atoms with E-state index in [0.717, 1.165) is 119 Å². The van der Waals surface area contributed by atoms with Gasteiger partial charge in [0.1, 0.15) is 0 Å². The number of ether oxygens (including phenoxy) is 4. The minimum absolute atomic E-state index is 0.0114. The second-order valence-corrected chi connectivity index (χ2v) is 27.8. The highest BCUT2D eigenvalue weighted by Crippen LogP contribution is 2.78. The van der Waals surface area contributed by atoms with E-state index in [4.69, 9.17) is 18.9 Å². The molecule has 0 bridgehead atoms. The van der Waals surface area contributed by atoms with Gasteiger partial charge >= 0.3 is 17.7 Å². The largest absolute Gasteiger partial charge is 0.471 e. The molecular weight excluding hydrogens is 849 g/mol. The average Bonchev–Trinajstić information content (AvgIpc) is 3.29. The molecule has 16 atom stereocenters. The zero-order chi connectivity index (χ0) is 49.1. The maximum atomic E-state index is 14.9. The number of hydrogen-bond donors (Lipinski definition) is 1. The van der Waals surface area contributed by atoms with Gasteiger partial charge in [0.25, 0.3) is 0 Å². The third-order valence-corrected chi connectivity index (χ3v) is 25.1. The van der Waals surface area contributed by atoms with Crippen molar-refractivity contribution in [1.29, 1.82) is 0 Å². The fourth-order valence-corrected chi connectivity index (χ4v) is 19.8. The van der Waals surface area contributed by atoms with Gasteiger partial charge in [-0.3, -0.25) is 14.4 Å². The Labute approximate surface area is 407 Å². The third kappa shape index (κ3) is 5.31. The van der Waals surface area contributed by atoms with Crippen molar-refractivity contribution in [1.82, 2.24) is 0 Å². The van der Waals surface area contributed by atoms with Crippen molar-refractivity contribution in [2.75, 3.05) is 14.2 Å². The zero-order valence-corrected chi connectivity index (χ0v) is 44.1. The van der Waals surface area contributed by atoms with Crippen LogP contribution in [-0.4, -0.2) is 48.4 Å². The average molecular weight is 931 g/mol. The number of esters is 2. The highest BCUT2D eigenvalue weighted by atomic mass is 16.7. The second kappa shape index (κ2) is 13.8. The number of carbonyl (C=O) groups excluding carboxylic acids is 3. The minimum Gasteiger partial charge on any atom is -0.471 e. The summed E-state index contributed by atoms with van der Waals surface area (Å²) >= 11 is 0. The number of allylic oxidation sites excluding steroid dienone is 2. The lowest BCUT2D eigenvalue weighted by atomic mass is 9.32. The second-order valence-electron chi connectivity index (χ2n) is 27.8. The summed E-state index contributed by atoms with van der Waals surface area (Å²) < 4.78 is 25.0. The maximum absolute atomic E-state index is 14.9. The normalized spacial score (nSPS) is 51.5. The van der Waals surface area contributed by atoms with Gasteiger partial charge in [-0.05, 0) is 214 Å². The summed E-state index contributed by atoms with van der Waals surface area (Å²) in [5.74, 6) is -0.504. The summed E-state index contributed by atoms with van der Waals surface area (Å²) in [5.41, 5.74) is 2.45. The van der Waals surface area contributed by atoms with Gasteiger partial charge in [0.2, 0.25) is 11.4 Å². The van der Waals surface area contributed by atoms with Crippen LogP contribution in [0.15, 0.2) is 35.4 Å². The maximum Gasteiger partial charge on any atom is 0.317 e. The van der Waals surface area contributed by atoms with Crippen LogP contribution in [0.5, 0.6) is 11.5 Å². The molecule has 0 aromatic heterocycles. The van der Waals surface area contributed by atoms with Gasteiger partial charge in [-0.1, -0.05) is 73.6 Å². The standard InChI is InChI=1S/C60H82O8/c1-35-36-15-17-41-53(6,25-29-57(10)43-33-51(4,47(62)65-13)21-19-49(43,2)23-27-55(41,57)8)38(36)31-40-46(35)68-60(64)45(61)32-39-37(59(60,12)67-40)16-18-42-54(39,7)26-30-58(11)44-34-52(5,48(63)66-14)22-20-50(44,3)24-28-56(42,58)9/h15-17,31-32,41-44,64H,18-30,33-34H2,1-14H3/t41-,42+,43-,44-,49-,50-,51-,52-,53+,54+,55-,56-,57+,58+,59+,60-/m1/s1. The number of methoxy groups -OCH3 is 2. The van der Waals surface area contributed by atoms with Crippen LogP contribution in [0.25, 0.3) is 6.08 Å². The lowest BCUT2D eigenvalue weighted by Gasteiger charge is -2.72. The molecule has 0 saturated heterocycles. The first-order valence-corrected chi connectivity index (χ1v) is 26.7. The Bertz CT molecular complexity index is 2550. The van der Waals surface area contributed by atoms with Crippen molar-refractivity contribution in [3.05, 3.63) is 52.1 Å². The van der Waals surface area contributed by atoms with Crippen molar-refractivity contribution in [2.45, 2.75) is 196 Å². The molecule has 68 heavy (non-hydrogen) atoms. The molecule has 8 nitrogen and oxygen atoms in total. The van der Waals surface area contributed by atoms with E-state index in [1.807, 2.05) is 6.92 Å². The minimum atomic E-state index is -2.24. The monoisotopic (exact) mass is 931 g/mol. The van der Waals surface area contributed by atoms with E-state index < -0.39 is 28.0 Å². The van der Waals surface area contributed by atoms with Gasteiger partial charge in [0, 0.05) is 16.6 Å². The van der Waals surface area contributed by atoms with Crippen LogP contribution in [0.1, 0.15) is 189 Å². The van der Waals surface area contributed by atoms with E-state index in [1.165, 1.54) is 12.7 Å². The Morgan fingerprint density at radius 3 is 1.71 bits per heavy atom. The highest BCUT2D eigenvalue weighted by molar-refractivity contribution is 6.02. The molecule has 0 amide bonds. The number of aliphatic hydroxyl groups is 1. The molecule has 1 aromatic rings. The Morgan fingerprint density at radius 1 is 0.632 bits per heavy atom. The number of hydrogen-bond acceptors (Lipinski definition) is 8. The summed E-state index contributed by atoms with van der Waals surface area (Å²) in [6.45, 7) is 28.2. The van der Waals surface area contributed by atoms with Crippen LogP contribution < -0.4 is 9.47 Å². The van der Waals surface area contributed by atoms with Crippen molar-refractivity contribution >= 4 is 23.8 Å². The van der Waals surface area contributed by atoms with Crippen LogP contribution in [0, 0.1) is 79.3 Å². The predicted octanol–water partition coefficient (Wildman–Crippen LogP) is 12.7. The molecule has 8 heteroatoms. The third-order valence-electron chi connectivity index (χ3n) is 25.1. The fourth-order valence-electron chi connectivity index (χ4n) is 19.8. The van der Waals surface area contributed by atoms with Crippen molar-refractivity contribution in [2.24, 2.45) is 72.4 Å². The molecule has 9 aliphatic carbocycles. The van der Waals surface area contributed by atoms with Gasteiger partial charge < -0.3 is 24.1 Å². The van der Waals surface area contributed by atoms with Crippen molar-refractivity contribution in [3.8, 4) is 11.5 Å². The van der Waals surface area contributed by atoms with Gasteiger partial charge in [-0.2, -0.15) is 0 Å². The molecule has 1 N–H and O–H groups in total. The summed E-state index contributed by atoms with van der Waals surface area (Å²) in [6, 6.07) is 2.22. The first-order chi connectivity index (χ1) is 31.6. The number of fused-ring (bicyclic) bond motifs is 17. The number of benzene rings is 1. The Kier molecular flexibility index (Phi) is 9.50. The first kappa shape index (κ1) is 47.0. The molecule has 6 fully saturated rings. The molecule has 10 aliphatic rings. The summed E-state index contributed by atoms with van der Waals surface area (Å²) in [5, 5.41) is 12.8. The van der Waals surface area contributed by atoms with E-state index in [-0.39, 0.29) is 67.1 Å². The molecule has 1 heterocycles. The van der Waals surface area contributed by atoms with Gasteiger partial charge in [-0.15, -0.1) is 0 Å². The molecule has 11 rings (SSSR count). The SMILES string of the molecule is COC(=O)[C@]1(C)CC[C@]2(C)CC[C@]3(C)[C@@H]4C=Cc5c(cc6c(c5C)O[C@]5(O)C(=O)C=C7C(=CC[C@H]8[C@@]7(C)CC[C@@]7(C)[C@@H]9C[C@](C)(C(=O)OC)CC[C@]9(C)CC[C@]87C)[C@]5(C)O6)[C@]4(C)CC[C@@]3(C)[C@@H]2C1. The Morgan fingerprint density at radius 2 is 1.13 bits per heavy atom. The molecule has 6 saturated carbocycles. The van der Waals surface area contributed by atoms with Crippen LogP contribution >= 0.6 is 0 Å². The molecule has 0 unspecified atom stereocenters. The molecule has 370 valence electrons. The van der Waals surface area contributed by atoms with E-state index in [1.54, 1.807) is 13.2 Å². The molecular formula is C60H82O8. The van der Waals surface area contributed by atoms with E-state index in [0.29, 0.717) is 23.3 Å². The summed E-state index contributed by atoms with van der Waals surface area (Å²) in [4.78, 5) is 41.6. The van der Waals surface area contributed by atoms with Crippen LogP contribution in [0.3, 0.4) is 0 Å². The molecule has 1 aromatic carbocycles. The number of rotatable bonds is 2. The zero-order valence-electron chi connectivity index (χ0n) is 44.1. The van der Waals surface area contributed by atoms with E-state index in [9.17, 15) is 19.5 Å². The lowest BCUT2D eigenvalue weighted by molar-refractivity contribution is -0.236. The Balaban J connectivity index is 0.946. The molecule has 1 aliphatic heterocycles. The van der Waals surface area contributed by atoms with Crippen LogP contribution in [0.4, 0.5) is 0 Å². The topological polar surface area (TPSA) is 108 Å². The fraction of sp³-hybridized carbons (Fsp3) is 0.750. The predicted molar refractivity (Wildman–Crippen MR) is 264 cm³/mol. The smallest absolute Gasteiger partial charge is 0.317 e. The molecule has 0 spiro atoms. The van der Waals surface area contributed by atoms with Gasteiger partial charge in [0.05, 0.1) is 25.0 Å². The van der Waals surface area contributed by atoms with Gasteiger partial charge in [0.15, 0.2) is 11.5 Å². The summed E-state index contributed by atoms with van der Waals surface area (Å²) in [7, 11) is 3.08. The lowest BCUT2D eigenvalue weighted by Crippen LogP contribution is -2.71. The summed E-state index contributed by atoms with van der Waals surface area (Å²) in [6.07, 6.45) is 23.6.